The summed E-state index contributed by atoms with van der Waals surface area (Å²) < 4.78 is 0. The smallest absolute Gasteiger partial charge is 0.249 e. The van der Waals surface area contributed by atoms with Gasteiger partial charge in [0.2, 0.25) is 5.91 Å². The zero-order chi connectivity index (χ0) is 18.4. The minimum absolute atomic E-state index is 0.0333. The van der Waals surface area contributed by atoms with E-state index in [-0.39, 0.29) is 24.3 Å². The van der Waals surface area contributed by atoms with Crippen molar-refractivity contribution in [1.29, 1.82) is 0 Å². The van der Waals surface area contributed by atoms with Crippen molar-refractivity contribution in [2.75, 3.05) is 0 Å². The number of aryl methyl sites for hydroxylation is 3. The summed E-state index contributed by atoms with van der Waals surface area (Å²) in [6, 6.07) is 7.99. The molecule has 25 heavy (non-hydrogen) atoms. The van der Waals surface area contributed by atoms with E-state index in [1.807, 2.05) is 52.0 Å². The van der Waals surface area contributed by atoms with Crippen molar-refractivity contribution in [1.82, 2.24) is 10.0 Å². The Balaban J connectivity index is 1.89. The van der Waals surface area contributed by atoms with E-state index in [1.165, 1.54) is 5.06 Å². The van der Waals surface area contributed by atoms with Gasteiger partial charge in [-0.1, -0.05) is 29.8 Å². The van der Waals surface area contributed by atoms with E-state index >= 15 is 0 Å². The minimum Gasteiger partial charge on any atom is -0.362 e. The summed E-state index contributed by atoms with van der Waals surface area (Å²) >= 11 is 0. The number of rotatable bonds is 3. The van der Waals surface area contributed by atoms with E-state index in [0.29, 0.717) is 11.1 Å². The molecule has 1 aliphatic heterocycles. The van der Waals surface area contributed by atoms with Gasteiger partial charge in [-0.25, -0.2) is 5.06 Å². The van der Waals surface area contributed by atoms with Gasteiger partial charge in [-0.3, -0.25) is 14.4 Å². The van der Waals surface area contributed by atoms with Gasteiger partial charge in [-0.15, -0.1) is 0 Å². The van der Waals surface area contributed by atoms with Gasteiger partial charge in [0.1, 0.15) is 5.60 Å². The van der Waals surface area contributed by atoms with Crippen LogP contribution in [0.1, 0.15) is 47.0 Å². The van der Waals surface area contributed by atoms with Crippen LogP contribution in [0.5, 0.6) is 0 Å². The molecule has 1 aliphatic rings. The molecule has 1 saturated heterocycles. The largest absolute Gasteiger partial charge is 0.362 e. The molecule has 1 N–H and O–H groups in total. The molecule has 1 aromatic heterocycles. The zero-order valence-electron chi connectivity index (χ0n) is 15.4. The van der Waals surface area contributed by atoms with Crippen LogP contribution in [0.4, 0.5) is 0 Å². The number of benzene rings is 1. The number of amides is 1. The molecule has 0 saturated carbocycles. The Bertz CT molecular complexity index is 883. The number of pyridine rings is 1. The molecule has 1 aromatic carbocycles. The molecule has 1 unspecified atom stereocenters. The van der Waals surface area contributed by atoms with Crippen LogP contribution in [0.3, 0.4) is 0 Å². The van der Waals surface area contributed by atoms with Gasteiger partial charge in [-0.05, 0) is 40.2 Å². The van der Waals surface area contributed by atoms with Crippen molar-refractivity contribution in [3.05, 3.63) is 68.1 Å². The van der Waals surface area contributed by atoms with Crippen molar-refractivity contribution in [3.63, 3.8) is 0 Å². The molecule has 0 spiro atoms. The number of carbonyl (C=O) groups excluding carboxylic acids is 1. The Morgan fingerprint density at radius 2 is 1.72 bits per heavy atom. The highest BCUT2D eigenvalue weighted by molar-refractivity contribution is 5.78. The first kappa shape index (κ1) is 17.4. The molecule has 1 fully saturated rings. The van der Waals surface area contributed by atoms with Crippen LogP contribution >= 0.6 is 0 Å². The predicted octanol–water partition coefficient (Wildman–Crippen LogP) is 3.19. The Labute approximate surface area is 147 Å². The molecular weight excluding hydrogens is 316 g/mol. The highest BCUT2D eigenvalue weighted by atomic mass is 16.7. The number of nitrogens with one attached hydrogen (secondary N) is 1. The minimum atomic E-state index is -0.703. The van der Waals surface area contributed by atoms with Gasteiger partial charge < -0.3 is 4.98 Å². The van der Waals surface area contributed by atoms with Gasteiger partial charge in [0.05, 0.1) is 13.0 Å². The van der Waals surface area contributed by atoms with Gasteiger partial charge in [0, 0.05) is 22.5 Å². The monoisotopic (exact) mass is 340 g/mol. The summed E-state index contributed by atoms with van der Waals surface area (Å²) in [6.07, 6.45) is 0.262. The molecule has 0 bridgehead atoms. The third kappa shape index (κ3) is 3.12. The fraction of sp³-hybridized carbons (Fsp3) is 0.400. The Kier molecular flexibility index (Phi) is 4.29. The quantitative estimate of drug-likeness (QED) is 0.933. The van der Waals surface area contributed by atoms with Crippen molar-refractivity contribution in [3.8, 4) is 0 Å². The average Bonchev–Trinajstić information content (AvgIpc) is 2.85. The normalized spacial score (nSPS) is 20.4. The highest BCUT2D eigenvalue weighted by Crippen LogP contribution is 2.37. The first-order valence-corrected chi connectivity index (χ1v) is 8.47. The summed E-state index contributed by atoms with van der Waals surface area (Å²) in [5.74, 6) is -0.111. The predicted molar refractivity (Wildman–Crippen MR) is 96.1 cm³/mol. The number of hydroxylamine groups is 2. The topological polar surface area (TPSA) is 62.4 Å². The van der Waals surface area contributed by atoms with Gasteiger partial charge >= 0.3 is 0 Å². The van der Waals surface area contributed by atoms with Crippen molar-refractivity contribution < 1.29 is 9.63 Å². The number of nitrogens with zero attached hydrogens (tertiary/aromatic N) is 1. The number of aromatic amines is 1. The highest BCUT2D eigenvalue weighted by Gasteiger charge is 2.43. The van der Waals surface area contributed by atoms with E-state index in [4.69, 9.17) is 4.84 Å². The molecule has 0 radical (unpaired) electrons. The molecule has 132 valence electrons. The summed E-state index contributed by atoms with van der Waals surface area (Å²) in [4.78, 5) is 34.3. The van der Waals surface area contributed by atoms with Gasteiger partial charge in [0.15, 0.2) is 5.43 Å². The van der Waals surface area contributed by atoms with Crippen LogP contribution in [0.2, 0.25) is 0 Å². The van der Waals surface area contributed by atoms with Crippen LogP contribution < -0.4 is 5.43 Å². The number of hydrogen-bond acceptors (Lipinski definition) is 3. The van der Waals surface area contributed by atoms with Gasteiger partial charge in [-0.2, -0.15) is 0 Å². The molecule has 5 heteroatoms. The first-order valence-electron chi connectivity index (χ1n) is 8.47. The van der Waals surface area contributed by atoms with Crippen LogP contribution in [0.15, 0.2) is 29.1 Å². The van der Waals surface area contributed by atoms with E-state index in [9.17, 15) is 9.59 Å². The zero-order valence-corrected chi connectivity index (χ0v) is 15.4. The molecule has 2 heterocycles. The molecule has 1 atom stereocenters. The molecule has 3 rings (SSSR count). The third-order valence-electron chi connectivity index (χ3n) is 5.05. The maximum absolute atomic E-state index is 12.6. The van der Waals surface area contributed by atoms with E-state index < -0.39 is 5.60 Å². The molecular formula is C20H24N2O3. The summed E-state index contributed by atoms with van der Waals surface area (Å²) in [6.45, 7) is 9.60. The van der Waals surface area contributed by atoms with Crippen LogP contribution in [0.25, 0.3) is 0 Å². The lowest BCUT2D eigenvalue weighted by Gasteiger charge is -2.25. The average molecular weight is 340 g/mol. The fourth-order valence-corrected chi connectivity index (χ4v) is 3.24. The third-order valence-corrected chi connectivity index (χ3v) is 5.05. The number of H-pyrrole nitrogens is 1. The number of aromatic nitrogens is 1. The van der Waals surface area contributed by atoms with E-state index in [2.05, 4.69) is 4.98 Å². The molecule has 0 aliphatic carbocycles. The SMILES string of the molecule is Cc1ccc(C2(C)CC(=O)N(Cc3c(C)[nH]c(C)c(C)c3=O)O2)cc1. The fourth-order valence-electron chi connectivity index (χ4n) is 3.24. The Morgan fingerprint density at radius 3 is 2.36 bits per heavy atom. The lowest BCUT2D eigenvalue weighted by molar-refractivity contribution is -0.203. The molecule has 1 amide bonds. The molecule has 5 nitrogen and oxygen atoms in total. The summed E-state index contributed by atoms with van der Waals surface area (Å²) in [7, 11) is 0. The van der Waals surface area contributed by atoms with Crippen LogP contribution in [0, 0.1) is 27.7 Å². The lowest BCUT2D eigenvalue weighted by atomic mass is 9.92. The number of hydrogen-bond donors (Lipinski definition) is 1. The van der Waals surface area contributed by atoms with E-state index in [1.54, 1.807) is 6.92 Å². The summed E-state index contributed by atoms with van der Waals surface area (Å²) in [5.41, 5.74) is 4.25. The Hall–Kier alpha value is -2.40. The standard InChI is InChI=1S/C20H24N2O3/c1-12-6-8-16(9-7-12)20(5)10-18(23)22(25-20)11-17-15(4)21-14(3)13(2)19(17)24/h6-9H,10-11H2,1-5H3,(H,21,24). The van der Waals surface area contributed by atoms with Crippen LogP contribution in [-0.2, 0) is 21.8 Å². The van der Waals surface area contributed by atoms with Crippen molar-refractivity contribution >= 4 is 5.91 Å². The second-order valence-corrected chi connectivity index (χ2v) is 7.10. The maximum Gasteiger partial charge on any atom is 0.249 e. The second-order valence-electron chi connectivity index (χ2n) is 7.10. The first-order chi connectivity index (χ1) is 11.7. The lowest BCUT2D eigenvalue weighted by Crippen LogP contribution is -2.30. The Morgan fingerprint density at radius 1 is 1.08 bits per heavy atom. The van der Waals surface area contributed by atoms with Crippen molar-refractivity contribution in [2.45, 2.75) is 53.2 Å². The maximum atomic E-state index is 12.6. The summed E-state index contributed by atoms with van der Waals surface area (Å²) in [5, 5.41) is 1.33. The number of carbonyl (C=O) groups is 1. The van der Waals surface area contributed by atoms with Crippen LogP contribution in [-0.4, -0.2) is 16.0 Å². The molecule has 2 aromatic rings. The van der Waals surface area contributed by atoms with Gasteiger partial charge in [0.25, 0.3) is 0 Å². The van der Waals surface area contributed by atoms with E-state index in [0.717, 1.165) is 22.5 Å². The second kappa shape index (κ2) is 6.15. The van der Waals surface area contributed by atoms with Crippen molar-refractivity contribution in [2.24, 2.45) is 0 Å².